The van der Waals surface area contributed by atoms with Gasteiger partial charge in [0.2, 0.25) is 10.0 Å². The summed E-state index contributed by atoms with van der Waals surface area (Å²) in [4.78, 5) is 3.91. The first kappa shape index (κ1) is 16.4. The highest BCUT2D eigenvalue weighted by Gasteiger charge is 2.27. The van der Waals surface area contributed by atoms with Gasteiger partial charge in [0.1, 0.15) is 16.5 Å². The van der Waals surface area contributed by atoms with Crippen molar-refractivity contribution in [2.45, 2.75) is 17.9 Å². The largest absolute Gasteiger partial charge is 0.495 e. The van der Waals surface area contributed by atoms with Crippen LogP contribution in [-0.4, -0.2) is 31.9 Å². The summed E-state index contributed by atoms with van der Waals surface area (Å²) < 4.78 is 44.5. The minimum atomic E-state index is -3.73. The smallest absolute Gasteiger partial charge is 0.245 e. The maximum Gasteiger partial charge on any atom is 0.245 e. The van der Waals surface area contributed by atoms with Crippen LogP contribution in [0.25, 0.3) is 0 Å². The zero-order chi connectivity index (χ0) is 16.3. The normalized spacial score (nSPS) is 13.1. The Labute approximate surface area is 129 Å². The van der Waals surface area contributed by atoms with E-state index in [-0.39, 0.29) is 10.7 Å². The van der Waals surface area contributed by atoms with E-state index in [0.717, 1.165) is 0 Å². The molecule has 0 saturated heterocycles. The molecule has 0 fully saturated rings. The summed E-state index contributed by atoms with van der Waals surface area (Å²) in [6, 6.07) is 6.71. The fraction of sp³-hybridized carbons (Fsp3) is 0.267. The number of pyridine rings is 1. The van der Waals surface area contributed by atoms with Gasteiger partial charge in [-0.25, -0.2) is 12.8 Å². The highest BCUT2D eigenvalue weighted by Crippen LogP contribution is 2.26. The maximum atomic E-state index is 13.0. The first-order chi connectivity index (χ1) is 10.4. The van der Waals surface area contributed by atoms with Gasteiger partial charge in [0.15, 0.2) is 0 Å². The molecular formula is C15H17FN2O3S. The number of benzene rings is 1. The molecule has 7 heteroatoms. The molecular weight excluding hydrogens is 307 g/mol. The third-order valence-electron chi connectivity index (χ3n) is 3.50. The van der Waals surface area contributed by atoms with Crippen molar-refractivity contribution in [3.8, 4) is 5.75 Å². The standard InChI is InChI=1S/C15H17FN2O3S/c1-11(12-4-6-13(16)7-5-12)18(2)22(19,20)15-8-14(21-3)9-17-10-15/h4-11H,1-3H3/t11-/m0/s1. The quantitative estimate of drug-likeness (QED) is 0.848. The number of methoxy groups -OCH3 is 1. The van der Waals surface area contributed by atoms with Crippen LogP contribution < -0.4 is 4.74 Å². The third-order valence-corrected chi connectivity index (χ3v) is 5.39. The van der Waals surface area contributed by atoms with Gasteiger partial charge in [0, 0.05) is 25.4 Å². The fourth-order valence-electron chi connectivity index (χ4n) is 1.98. The summed E-state index contributed by atoms with van der Waals surface area (Å²) in [5.74, 6) is 0.00219. The van der Waals surface area contributed by atoms with E-state index in [1.165, 1.54) is 49.1 Å². The lowest BCUT2D eigenvalue weighted by molar-refractivity contribution is 0.394. The van der Waals surface area contributed by atoms with E-state index in [9.17, 15) is 12.8 Å². The number of rotatable bonds is 5. The molecule has 5 nitrogen and oxygen atoms in total. The second-order valence-electron chi connectivity index (χ2n) is 4.81. The van der Waals surface area contributed by atoms with Crippen molar-refractivity contribution in [3.05, 3.63) is 54.1 Å². The Balaban J connectivity index is 2.33. The highest BCUT2D eigenvalue weighted by atomic mass is 32.2. The van der Waals surface area contributed by atoms with Crippen LogP contribution in [0, 0.1) is 5.82 Å². The molecule has 1 aromatic carbocycles. The lowest BCUT2D eigenvalue weighted by Gasteiger charge is -2.24. The first-order valence-electron chi connectivity index (χ1n) is 6.59. The molecule has 0 unspecified atom stereocenters. The van der Waals surface area contributed by atoms with Crippen molar-refractivity contribution in [1.29, 1.82) is 0 Å². The number of sulfonamides is 1. The topological polar surface area (TPSA) is 59.5 Å². The van der Waals surface area contributed by atoms with E-state index in [1.807, 2.05) is 0 Å². The van der Waals surface area contributed by atoms with Gasteiger partial charge in [-0.3, -0.25) is 4.98 Å². The van der Waals surface area contributed by atoms with Crippen molar-refractivity contribution in [2.75, 3.05) is 14.2 Å². The number of nitrogens with zero attached hydrogens (tertiary/aromatic N) is 2. The maximum absolute atomic E-state index is 13.0. The van der Waals surface area contributed by atoms with Gasteiger partial charge in [0.05, 0.1) is 13.3 Å². The molecule has 2 rings (SSSR count). The zero-order valence-corrected chi connectivity index (χ0v) is 13.3. The predicted octanol–water partition coefficient (Wildman–Crippen LogP) is 2.61. The van der Waals surface area contributed by atoms with E-state index in [2.05, 4.69) is 4.98 Å². The molecule has 1 heterocycles. The van der Waals surface area contributed by atoms with E-state index in [1.54, 1.807) is 19.1 Å². The van der Waals surface area contributed by atoms with Crippen LogP contribution in [0.1, 0.15) is 18.5 Å². The molecule has 0 aliphatic rings. The van der Waals surface area contributed by atoms with Crippen molar-refractivity contribution >= 4 is 10.0 Å². The summed E-state index contributed by atoms with van der Waals surface area (Å²) in [7, 11) is -0.814. The van der Waals surface area contributed by atoms with Gasteiger partial charge in [-0.05, 0) is 24.6 Å². The number of hydrogen-bond acceptors (Lipinski definition) is 4. The predicted molar refractivity (Wildman–Crippen MR) is 80.6 cm³/mol. The van der Waals surface area contributed by atoms with E-state index in [4.69, 9.17) is 4.74 Å². The Morgan fingerprint density at radius 3 is 2.45 bits per heavy atom. The second-order valence-corrected chi connectivity index (χ2v) is 6.81. The summed E-state index contributed by atoms with van der Waals surface area (Å²) in [6.07, 6.45) is 2.70. The van der Waals surface area contributed by atoms with E-state index in [0.29, 0.717) is 11.3 Å². The third kappa shape index (κ3) is 3.26. The van der Waals surface area contributed by atoms with Crippen molar-refractivity contribution in [3.63, 3.8) is 0 Å². The van der Waals surface area contributed by atoms with Gasteiger partial charge in [-0.2, -0.15) is 4.31 Å². The number of hydrogen-bond donors (Lipinski definition) is 0. The van der Waals surface area contributed by atoms with Crippen LogP contribution in [0.4, 0.5) is 4.39 Å². The van der Waals surface area contributed by atoms with Crippen LogP contribution in [0.5, 0.6) is 5.75 Å². The minimum absolute atomic E-state index is 0.0447. The van der Waals surface area contributed by atoms with Gasteiger partial charge in [0.25, 0.3) is 0 Å². The Morgan fingerprint density at radius 2 is 1.86 bits per heavy atom. The van der Waals surface area contributed by atoms with Gasteiger partial charge in [-0.1, -0.05) is 12.1 Å². The fourth-order valence-corrected chi connectivity index (χ4v) is 3.31. The van der Waals surface area contributed by atoms with Gasteiger partial charge in [-0.15, -0.1) is 0 Å². The lowest BCUT2D eigenvalue weighted by Crippen LogP contribution is -2.30. The molecule has 0 saturated carbocycles. The van der Waals surface area contributed by atoms with Crippen molar-refractivity contribution in [2.24, 2.45) is 0 Å². The number of ether oxygens (including phenoxy) is 1. The van der Waals surface area contributed by atoms with E-state index < -0.39 is 16.1 Å². The Morgan fingerprint density at radius 1 is 1.23 bits per heavy atom. The Kier molecular flexibility index (Phi) is 4.77. The number of halogens is 1. The monoisotopic (exact) mass is 324 g/mol. The average molecular weight is 324 g/mol. The molecule has 0 amide bonds. The van der Waals surface area contributed by atoms with E-state index >= 15 is 0 Å². The van der Waals surface area contributed by atoms with Crippen LogP contribution in [0.15, 0.2) is 47.6 Å². The summed E-state index contributed by atoms with van der Waals surface area (Å²) in [5, 5.41) is 0. The minimum Gasteiger partial charge on any atom is -0.495 e. The average Bonchev–Trinajstić information content (AvgIpc) is 2.54. The molecule has 1 atom stereocenters. The SMILES string of the molecule is COc1cncc(S(=O)(=O)N(C)[C@@H](C)c2ccc(F)cc2)c1. The van der Waals surface area contributed by atoms with Crippen molar-refractivity contribution in [1.82, 2.24) is 9.29 Å². The molecule has 1 aromatic heterocycles. The Bertz CT molecular complexity index is 748. The summed E-state index contributed by atoms with van der Waals surface area (Å²) in [5.41, 5.74) is 0.698. The molecule has 0 aliphatic heterocycles. The molecule has 0 spiro atoms. The highest BCUT2D eigenvalue weighted by molar-refractivity contribution is 7.89. The van der Waals surface area contributed by atoms with Crippen LogP contribution in [-0.2, 0) is 10.0 Å². The first-order valence-corrected chi connectivity index (χ1v) is 8.03. The van der Waals surface area contributed by atoms with Crippen molar-refractivity contribution < 1.29 is 17.5 Å². The summed E-state index contributed by atoms with van der Waals surface area (Å²) >= 11 is 0. The molecule has 22 heavy (non-hydrogen) atoms. The van der Waals surface area contributed by atoms with Gasteiger partial charge >= 0.3 is 0 Å². The molecule has 0 N–H and O–H groups in total. The molecule has 0 radical (unpaired) electrons. The van der Waals surface area contributed by atoms with Crippen LogP contribution in [0.2, 0.25) is 0 Å². The second kappa shape index (κ2) is 6.41. The van der Waals surface area contributed by atoms with Crippen LogP contribution in [0.3, 0.4) is 0 Å². The molecule has 0 aliphatic carbocycles. The molecule has 0 bridgehead atoms. The molecule has 2 aromatic rings. The zero-order valence-electron chi connectivity index (χ0n) is 12.5. The summed E-state index contributed by atoms with van der Waals surface area (Å²) in [6.45, 7) is 1.73. The molecule has 118 valence electrons. The van der Waals surface area contributed by atoms with Crippen LogP contribution >= 0.6 is 0 Å². The number of aromatic nitrogens is 1. The lowest BCUT2D eigenvalue weighted by atomic mass is 10.1. The van der Waals surface area contributed by atoms with Gasteiger partial charge < -0.3 is 4.74 Å². The Hall–Kier alpha value is -1.99.